The second-order valence-electron chi connectivity index (χ2n) is 4.61. The Bertz CT molecular complexity index is 814. The molecule has 0 aliphatic rings. The zero-order valence-electron chi connectivity index (χ0n) is 11.8. The number of carbonyl (C=O) groups is 1. The highest BCUT2D eigenvalue weighted by Crippen LogP contribution is 2.19. The summed E-state index contributed by atoms with van der Waals surface area (Å²) in [5.74, 6) is -1.42. The van der Waals surface area contributed by atoms with E-state index in [0.717, 1.165) is 24.7 Å². The molecule has 0 saturated heterocycles. The Hall–Kier alpha value is -3.24. The van der Waals surface area contributed by atoms with Crippen molar-refractivity contribution < 1.29 is 28.0 Å². The summed E-state index contributed by atoms with van der Waals surface area (Å²) in [6.45, 7) is -1.25. The summed E-state index contributed by atoms with van der Waals surface area (Å²) in [5.41, 5.74) is -0.668. The minimum Gasteiger partial charge on any atom is -0.478 e. The summed E-state index contributed by atoms with van der Waals surface area (Å²) < 4.78 is 37.4. The molecular formula is C13H9F3N4O4. The second-order valence-corrected chi connectivity index (χ2v) is 4.61. The standard InChI is InChI=1S/C13H9F3N4O4/c14-13(15,16)7-19-6-8(4-18-19)1-2-11-10(12(21)22)3-9(5-17-11)20(23)24/h1-6H,7H2,(H,21,22)/b2-1+. The number of hydrogen-bond acceptors (Lipinski definition) is 5. The summed E-state index contributed by atoms with van der Waals surface area (Å²) in [5, 5.41) is 23.2. The van der Waals surface area contributed by atoms with E-state index in [1.54, 1.807) is 0 Å². The molecule has 0 aliphatic carbocycles. The van der Waals surface area contributed by atoms with Gasteiger partial charge in [0.1, 0.15) is 12.7 Å². The van der Waals surface area contributed by atoms with Gasteiger partial charge in [-0.3, -0.25) is 14.8 Å². The molecule has 2 heterocycles. The molecule has 1 N–H and O–H groups in total. The highest BCUT2D eigenvalue weighted by Gasteiger charge is 2.28. The van der Waals surface area contributed by atoms with Crippen molar-refractivity contribution in [3.05, 3.63) is 51.6 Å². The molecule has 0 atom stereocenters. The third-order valence-corrected chi connectivity index (χ3v) is 2.77. The molecule has 8 nitrogen and oxygen atoms in total. The molecule has 0 amide bonds. The van der Waals surface area contributed by atoms with Crippen LogP contribution in [0.5, 0.6) is 0 Å². The molecule has 126 valence electrons. The second kappa shape index (κ2) is 6.48. The molecule has 0 radical (unpaired) electrons. The van der Waals surface area contributed by atoms with Crippen LogP contribution in [0.25, 0.3) is 12.2 Å². The maximum Gasteiger partial charge on any atom is 0.408 e. The third kappa shape index (κ3) is 4.38. The number of hydrogen-bond donors (Lipinski definition) is 1. The van der Waals surface area contributed by atoms with Crippen molar-refractivity contribution in [3.8, 4) is 0 Å². The molecule has 0 aromatic carbocycles. The van der Waals surface area contributed by atoms with Gasteiger partial charge in [-0.1, -0.05) is 0 Å². The van der Waals surface area contributed by atoms with E-state index in [0.29, 0.717) is 4.68 Å². The Morgan fingerprint density at radius 2 is 2.08 bits per heavy atom. The Morgan fingerprint density at radius 3 is 2.67 bits per heavy atom. The molecular weight excluding hydrogens is 333 g/mol. The summed E-state index contributed by atoms with van der Waals surface area (Å²) in [6.07, 6.45) is 1.29. The van der Waals surface area contributed by atoms with E-state index in [1.807, 2.05) is 0 Å². The molecule has 11 heteroatoms. The Balaban J connectivity index is 2.26. The molecule has 24 heavy (non-hydrogen) atoms. The monoisotopic (exact) mass is 342 g/mol. The van der Waals surface area contributed by atoms with Gasteiger partial charge in [-0.15, -0.1) is 0 Å². The number of aromatic nitrogens is 3. The SMILES string of the molecule is O=C(O)c1cc([N+](=O)[O-])cnc1/C=C/c1cnn(CC(F)(F)F)c1. The van der Waals surface area contributed by atoms with Gasteiger partial charge in [0.15, 0.2) is 0 Å². The van der Waals surface area contributed by atoms with Crippen LogP contribution in [0.1, 0.15) is 21.6 Å². The van der Waals surface area contributed by atoms with Crippen molar-refractivity contribution in [3.63, 3.8) is 0 Å². The average molecular weight is 342 g/mol. The number of carboxylic acid groups (broad SMARTS) is 1. The van der Waals surface area contributed by atoms with Crippen LogP contribution in [0.2, 0.25) is 0 Å². The highest BCUT2D eigenvalue weighted by atomic mass is 19.4. The van der Waals surface area contributed by atoms with Gasteiger partial charge in [0.05, 0.1) is 22.4 Å². The zero-order valence-corrected chi connectivity index (χ0v) is 11.8. The van der Waals surface area contributed by atoms with Gasteiger partial charge in [0.25, 0.3) is 5.69 Å². The fourth-order valence-corrected chi connectivity index (χ4v) is 1.78. The largest absolute Gasteiger partial charge is 0.478 e. The number of nitrogens with zero attached hydrogens (tertiary/aromatic N) is 4. The minimum absolute atomic E-state index is 0.0725. The van der Waals surface area contributed by atoms with Crippen LogP contribution in [-0.2, 0) is 6.54 Å². The lowest BCUT2D eigenvalue weighted by Crippen LogP contribution is -2.17. The smallest absolute Gasteiger partial charge is 0.408 e. The predicted octanol–water partition coefficient (Wildman–Crippen LogP) is 2.62. The number of nitro groups is 1. The number of halogens is 3. The number of pyridine rings is 1. The van der Waals surface area contributed by atoms with E-state index in [-0.39, 0.29) is 11.3 Å². The third-order valence-electron chi connectivity index (χ3n) is 2.77. The maximum absolute atomic E-state index is 12.2. The molecule has 0 fully saturated rings. The first-order valence-corrected chi connectivity index (χ1v) is 6.31. The molecule has 0 saturated carbocycles. The molecule has 0 spiro atoms. The van der Waals surface area contributed by atoms with Gasteiger partial charge in [0, 0.05) is 17.8 Å². The summed E-state index contributed by atoms with van der Waals surface area (Å²) >= 11 is 0. The lowest BCUT2D eigenvalue weighted by molar-refractivity contribution is -0.385. The number of aromatic carboxylic acids is 1. The van der Waals surface area contributed by atoms with Crippen LogP contribution in [-0.4, -0.2) is 36.9 Å². The van der Waals surface area contributed by atoms with E-state index < -0.39 is 34.9 Å². The average Bonchev–Trinajstić information content (AvgIpc) is 2.90. The molecule has 2 aromatic rings. The van der Waals surface area contributed by atoms with E-state index >= 15 is 0 Å². The van der Waals surface area contributed by atoms with E-state index in [4.69, 9.17) is 5.11 Å². The van der Waals surface area contributed by atoms with Gasteiger partial charge in [-0.25, -0.2) is 9.78 Å². The fraction of sp³-hybridized carbons (Fsp3) is 0.154. The zero-order chi connectivity index (χ0) is 17.9. The van der Waals surface area contributed by atoms with E-state index in [9.17, 15) is 28.1 Å². The minimum atomic E-state index is -4.41. The Kier molecular flexibility index (Phi) is 4.62. The van der Waals surface area contributed by atoms with Crippen LogP contribution in [0, 0.1) is 10.1 Å². The van der Waals surface area contributed by atoms with Crippen molar-refractivity contribution in [2.24, 2.45) is 0 Å². The van der Waals surface area contributed by atoms with Crippen LogP contribution >= 0.6 is 0 Å². The first-order chi connectivity index (χ1) is 11.2. The van der Waals surface area contributed by atoms with Crippen molar-refractivity contribution in [1.29, 1.82) is 0 Å². The first-order valence-electron chi connectivity index (χ1n) is 6.31. The quantitative estimate of drug-likeness (QED) is 0.660. The molecule has 0 unspecified atom stereocenters. The number of alkyl halides is 3. The lowest BCUT2D eigenvalue weighted by Gasteiger charge is -2.04. The van der Waals surface area contributed by atoms with Gasteiger partial charge in [0.2, 0.25) is 0 Å². The van der Waals surface area contributed by atoms with Crippen molar-refractivity contribution in [2.75, 3.05) is 0 Å². The van der Waals surface area contributed by atoms with Crippen LogP contribution < -0.4 is 0 Å². The Labute approximate surface area is 132 Å². The molecule has 0 aliphatic heterocycles. The Morgan fingerprint density at radius 1 is 1.38 bits per heavy atom. The fourth-order valence-electron chi connectivity index (χ4n) is 1.78. The predicted molar refractivity (Wildman–Crippen MR) is 75.1 cm³/mol. The molecule has 2 aromatic heterocycles. The normalized spacial score (nSPS) is 11.8. The highest BCUT2D eigenvalue weighted by molar-refractivity contribution is 5.93. The van der Waals surface area contributed by atoms with Gasteiger partial charge in [-0.05, 0) is 12.2 Å². The molecule has 0 bridgehead atoms. The van der Waals surface area contributed by atoms with Crippen molar-refractivity contribution in [1.82, 2.24) is 14.8 Å². The molecule has 2 rings (SSSR count). The van der Waals surface area contributed by atoms with Crippen molar-refractivity contribution in [2.45, 2.75) is 12.7 Å². The van der Waals surface area contributed by atoms with Gasteiger partial charge < -0.3 is 5.11 Å². The van der Waals surface area contributed by atoms with Gasteiger partial charge in [-0.2, -0.15) is 18.3 Å². The van der Waals surface area contributed by atoms with Crippen LogP contribution in [0.3, 0.4) is 0 Å². The number of rotatable bonds is 5. The van der Waals surface area contributed by atoms with Gasteiger partial charge >= 0.3 is 12.1 Å². The first kappa shape index (κ1) is 17.1. The van der Waals surface area contributed by atoms with Crippen molar-refractivity contribution >= 4 is 23.8 Å². The maximum atomic E-state index is 12.2. The van der Waals surface area contributed by atoms with E-state index in [1.165, 1.54) is 12.2 Å². The topological polar surface area (TPSA) is 111 Å². The summed E-state index contributed by atoms with van der Waals surface area (Å²) in [7, 11) is 0. The summed E-state index contributed by atoms with van der Waals surface area (Å²) in [6, 6.07) is 0.849. The summed E-state index contributed by atoms with van der Waals surface area (Å²) in [4.78, 5) is 24.7. The van der Waals surface area contributed by atoms with Crippen LogP contribution in [0.4, 0.5) is 18.9 Å². The lowest BCUT2D eigenvalue weighted by atomic mass is 10.1. The number of carboxylic acids is 1. The van der Waals surface area contributed by atoms with E-state index in [2.05, 4.69) is 10.1 Å². The van der Waals surface area contributed by atoms with Crippen LogP contribution in [0.15, 0.2) is 24.7 Å².